The molecule has 2 aromatic rings. The van der Waals surface area contributed by atoms with Gasteiger partial charge in [-0.15, -0.1) is 0 Å². The molecule has 2 rings (SSSR count). The summed E-state index contributed by atoms with van der Waals surface area (Å²) in [4.78, 5) is 47.3. The highest BCUT2D eigenvalue weighted by Gasteiger charge is 2.16. The van der Waals surface area contributed by atoms with Crippen molar-refractivity contribution in [2.45, 2.75) is 0 Å². The topological polar surface area (TPSA) is 114 Å². The van der Waals surface area contributed by atoms with Crippen molar-refractivity contribution in [3.8, 4) is 0 Å². The Morgan fingerprint density at radius 3 is 2.28 bits per heavy atom. The average molecular weight is 249 g/mol. The van der Waals surface area contributed by atoms with Gasteiger partial charge in [-0.2, -0.15) is 4.57 Å². The standard InChI is InChI=1S/C10H7N3O5/c14-7(6-4-2-1-3-5-6)12-8(15)11-9(16)13(18)10(12)17/h1-5,18H,(H,11,15,16). The molecule has 0 bridgehead atoms. The summed E-state index contributed by atoms with van der Waals surface area (Å²) in [6.45, 7) is 0. The lowest BCUT2D eigenvalue weighted by Gasteiger charge is -2.03. The molecule has 0 saturated heterocycles. The van der Waals surface area contributed by atoms with Gasteiger partial charge in [-0.25, -0.2) is 14.4 Å². The molecule has 92 valence electrons. The van der Waals surface area contributed by atoms with Crippen molar-refractivity contribution in [2.75, 3.05) is 0 Å². The van der Waals surface area contributed by atoms with Gasteiger partial charge >= 0.3 is 17.1 Å². The Morgan fingerprint density at radius 1 is 1.06 bits per heavy atom. The smallest absolute Gasteiger partial charge is 0.377 e. The molecule has 8 nitrogen and oxygen atoms in total. The van der Waals surface area contributed by atoms with Crippen molar-refractivity contribution in [2.24, 2.45) is 0 Å². The van der Waals surface area contributed by atoms with E-state index in [1.807, 2.05) is 0 Å². The van der Waals surface area contributed by atoms with Crippen molar-refractivity contribution in [3.05, 3.63) is 67.3 Å². The molecule has 1 heterocycles. The van der Waals surface area contributed by atoms with Gasteiger partial charge in [0.25, 0.3) is 5.91 Å². The van der Waals surface area contributed by atoms with Gasteiger partial charge in [0.1, 0.15) is 0 Å². The van der Waals surface area contributed by atoms with E-state index < -0.39 is 23.0 Å². The SMILES string of the molecule is O=C(c1ccccc1)n1c(=O)[nH]c(=O)n(O)c1=O. The molecule has 0 aliphatic rings. The first kappa shape index (κ1) is 11.6. The van der Waals surface area contributed by atoms with Gasteiger partial charge in [-0.1, -0.05) is 22.9 Å². The van der Waals surface area contributed by atoms with Gasteiger partial charge in [0.15, 0.2) is 0 Å². The summed E-state index contributed by atoms with van der Waals surface area (Å²) in [5.74, 6) is -0.940. The third-order valence-corrected chi connectivity index (χ3v) is 2.21. The number of aromatic nitrogens is 3. The van der Waals surface area contributed by atoms with Crippen molar-refractivity contribution < 1.29 is 10.0 Å². The molecule has 0 atom stereocenters. The largest absolute Gasteiger partial charge is 0.420 e. The van der Waals surface area contributed by atoms with E-state index in [-0.39, 0.29) is 14.9 Å². The molecule has 1 aromatic heterocycles. The van der Waals surface area contributed by atoms with Gasteiger partial charge in [0.05, 0.1) is 0 Å². The molecule has 1 aromatic carbocycles. The maximum Gasteiger partial charge on any atom is 0.377 e. The number of rotatable bonds is 1. The lowest BCUT2D eigenvalue weighted by Crippen LogP contribution is -2.51. The molecule has 0 unspecified atom stereocenters. The van der Waals surface area contributed by atoms with Crippen molar-refractivity contribution in [1.82, 2.24) is 14.3 Å². The third-order valence-electron chi connectivity index (χ3n) is 2.21. The number of hydrogen-bond donors (Lipinski definition) is 2. The van der Waals surface area contributed by atoms with Crippen LogP contribution in [0.5, 0.6) is 0 Å². The van der Waals surface area contributed by atoms with E-state index in [0.29, 0.717) is 0 Å². The normalized spacial score (nSPS) is 10.2. The summed E-state index contributed by atoms with van der Waals surface area (Å²) >= 11 is 0. The van der Waals surface area contributed by atoms with Crippen LogP contribution in [0.15, 0.2) is 44.7 Å². The molecule has 0 radical (unpaired) electrons. The Balaban J connectivity index is 2.71. The van der Waals surface area contributed by atoms with Crippen LogP contribution < -0.4 is 17.1 Å². The van der Waals surface area contributed by atoms with E-state index in [9.17, 15) is 19.2 Å². The molecule has 0 amide bonds. The monoisotopic (exact) mass is 249 g/mol. The van der Waals surface area contributed by atoms with Crippen molar-refractivity contribution >= 4 is 5.91 Å². The van der Waals surface area contributed by atoms with E-state index in [0.717, 1.165) is 0 Å². The highest BCUT2D eigenvalue weighted by atomic mass is 16.5. The lowest BCUT2D eigenvalue weighted by molar-refractivity contribution is 0.0912. The van der Waals surface area contributed by atoms with E-state index in [1.165, 1.54) is 12.1 Å². The Labute approximate surface area is 98.3 Å². The predicted octanol–water partition coefficient (Wildman–Crippen LogP) is -1.38. The zero-order valence-electron chi connectivity index (χ0n) is 8.86. The molecular formula is C10H7N3O5. The van der Waals surface area contributed by atoms with Crippen LogP contribution in [0.3, 0.4) is 0 Å². The Hall–Kier alpha value is -2.90. The van der Waals surface area contributed by atoms with Crippen LogP contribution in [0.2, 0.25) is 0 Å². The van der Waals surface area contributed by atoms with E-state index in [2.05, 4.69) is 0 Å². The number of carbonyl (C=O) groups is 1. The number of benzene rings is 1. The first-order chi connectivity index (χ1) is 8.52. The number of nitrogens with one attached hydrogen (secondary N) is 1. The third kappa shape index (κ3) is 1.75. The average Bonchev–Trinajstić information content (AvgIpc) is 2.37. The number of aromatic amines is 1. The quantitative estimate of drug-likeness (QED) is 0.605. The molecule has 18 heavy (non-hydrogen) atoms. The maximum atomic E-state index is 11.9. The van der Waals surface area contributed by atoms with Crippen LogP contribution >= 0.6 is 0 Å². The van der Waals surface area contributed by atoms with Gasteiger partial charge in [0, 0.05) is 5.56 Å². The highest BCUT2D eigenvalue weighted by molar-refractivity contribution is 5.95. The van der Waals surface area contributed by atoms with Crippen LogP contribution in [-0.4, -0.2) is 25.4 Å². The fraction of sp³-hybridized carbons (Fsp3) is 0. The molecule has 0 spiro atoms. The van der Waals surface area contributed by atoms with E-state index in [4.69, 9.17) is 5.21 Å². The van der Waals surface area contributed by atoms with Crippen LogP contribution in [0.1, 0.15) is 10.4 Å². The Kier molecular flexibility index (Phi) is 2.68. The second-order valence-corrected chi connectivity index (χ2v) is 3.34. The van der Waals surface area contributed by atoms with Crippen molar-refractivity contribution in [1.29, 1.82) is 0 Å². The fourth-order valence-electron chi connectivity index (χ4n) is 1.36. The highest BCUT2D eigenvalue weighted by Crippen LogP contribution is 1.98. The summed E-state index contributed by atoms with van der Waals surface area (Å²) in [5.41, 5.74) is -3.85. The number of H-pyrrole nitrogens is 1. The number of carbonyl (C=O) groups excluding carboxylic acids is 1. The van der Waals surface area contributed by atoms with E-state index >= 15 is 0 Å². The molecule has 2 N–H and O–H groups in total. The Bertz CT molecular complexity index is 769. The Morgan fingerprint density at radius 2 is 1.67 bits per heavy atom. The molecule has 8 heteroatoms. The fourth-order valence-corrected chi connectivity index (χ4v) is 1.36. The number of nitrogens with zero attached hydrogens (tertiary/aromatic N) is 2. The molecular weight excluding hydrogens is 242 g/mol. The lowest BCUT2D eigenvalue weighted by atomic mass is 10.2. The van der Waals surface area contributed by atoms with Gasteiger partial charge in [-0.05, 0) is 12.1 Å². The van der Waals surface area contributed by atoms with Gasteiger partial charge < -0.3 is 5.21 Å². The minimum absolute atomic E-state index is 0.0729. The minimum Gasteiger partial charge on any atom is -0.420 e. The van der Waals surface area contributed by atoms with Crippen LogP contribution in [0, 0.1) is 0 Å². The first-order valence-corrected chi connectivity index (χ1v) is 4.80. The summed E-state index contributed by atoms with van der Waals surface area (Å²) in [7, 11) is 0. The summed E-state index contributed by atoms with van der Waals surface area (Å²) in [5, 5.41) is 9.06. The second kappa shape index (κ2) is 4.17. The van der Waals surface area contributed by atoms with Crippen LogP contribution in [0.25, 0.3) is 0 Å². The first-order valence-electron chi connectivity index (χ1n) is 4.80. The van der Waals surface area contributed by atoms with Gasteiger partial charge in [-0.3, -0.25) is 9.78 Å². The maximum absolute atomic E-state index is 11.9. The summed E-state index contributed by atoms with van der Waals surface area (Å²) < 4.78 is -0.209. The zero-order valence-corrected chi connectivity index (χ0v) is 8.86. The minimum atomic E-state index is -1.42. The molecule has 0 aliphatic carbocycles. The molecule has 0 saturated carbocycles. The summed E-state index contributed by atoms with van der Waals surface area (Å²) in [6, 6.07) is 7.52. The van der Waals surface area contributed by atoms with Crippen LogP contribution in [0.4, 0.5) is 0 Å². The van der Waals surface area contributed by atoms with Crippen LogP contribution in [-0.2, 0) is 0 Å². The summed E-state index contributed by atoms with van der Waals surface area (Å²) in [6.07, 6.45) is 0. The number of hydrogen-bond acceptors (Lipinski definition) is 5. The second-order valence-electron chi connectivity index (χ2n) is 3.34. The molecule has 0 fully saturated rings. The van der Waals surface area contributed by atoms with E-state index in [1.54, 1.807) is 23.2 Å². The molecule has 0 aliphatic heterocycles. The van der Waals surface area contributed by atoms with Crippen molar-refractivity contribution in [3.63, 3.8) is 0 Å². The zero-order chi connectivity index (χ0) is 13.3. The predicted molar refractivity (Wildman–Crippen MR) is 58.9 cm³/mol. The van der Waals surface area contributed by atoms with Gasteiger partial charge in [0.2, 0.25) is 0 Å².